The van der Waals surface area contributed by atoms with Crippen molar-refractivity contribution in [3.05, 3.63) is 47.1 Å². The average molecular weight is 334 g/mol. The number of rotatable bonds is 3. The summed E-state index contributed by atoms with van der Waals surface area (Å²) in [5.74, 6) is 1.77. The molecule has 3 heterocycles. The second kappa shape index (κ2) is 5.67. The number of thiophene rings is 1. The van der Waals surface area contributed by atoms with Crippen molar-refractivity contribution in [1.82, 2.24) is 15.0 Å². The molecular weight excluding hydrogens is 316 g/mol. The van der Waals surface area contributed by atoms with E-state index in [9.17, 15) is 0 Å². The summed E-state index contributed by atoms with van der Waals surface area (Å²) in [6.07, 6.45) is 13.8. The Balaban J connectivity index is 1.67. The molecule has 3 aromatic heterocycles. The van der Waals surface area contributed by atoms with E-state index in [0.717, 1.165) is 41.3 Å². The van der Waals surface area contributed by atoms with Gasteiger partial charge in [-0.05, 0) is 49.8 Å². The van der Waals surface area contributed by atoms with Crippen molar-refractivity contribution in [3.63, 3.8) is 0 Å². The van der Waals surface area contributed by atoms with E-state index in [4.69, 9.17) is 9.97 Å². The molecule has 5 rings (SSSR count). The maximum absolute atomic E-state index is 4.90. The molecule has 0 aromatic carbocycles. The summed E-state index contributed by atoms with van der Waals surface area (Å²) < 4.78 is 0. The zero-order chi connectivity index (χ0) is 15.9. The van der Waals surface area contributed by atoms with Gasteiger partial charge in [0.25, 0.3) is 0 Å². The van der Waals surface area contributed by atoms with Gasteiger partial charge in [-0.1, -0.05) is 12.2 Å². The number of aromatic nitrogens is 3. The minimum atomic E-state index is 0.446. The van der Waals surface area contributed by atoms with Crippen LogP contribution >= 0.6 is 11.3 Å². The van der Waals surface area contributed by atoms with E-state index in [1.54, 1.807) is 6.20 Å². The number of fused-ring (bicyclic) bond motifs is 3. The molecule has 4 nitrogen and oxygen atoms in total. The van der Waals surface area contributed by atoms with Gasteiger partial charge in [-0.15, -0.1) is 11.3 Å². The molecule has 0 unspecified atom stereocenters. The third-order valence-electron chi connectivity index (χ3n) is 4.83. The van der Waals surface area contributed by atoms with Crippen LogP contribution in [0.4, 0.5) is 5.82 Å². The first-order chi connectivity index (χ1) is 11.9. The van der Waals surface area contributed by atoms with Crippen LogP contribution in [0.15, 0.2) is 36.7 Å². The van der Waals surface area contributed by atoms with Crippen LogP contribution in [0, 0.1) is 0 Å². The second-order valence-electron chi connectivity index (χ2n) is 6.46. The quantitative estimate of drug-likeness (QED) is 0.723. The van der Waals surface area contributed by atoms with Gasteiger partial charge >= 0.3 is 0 Å². The summed E-state index contributed by atoms with van der Waals surface area (Å²) in [6, 6.07) is 4.41. The standard InChI is InChI=1S/C19H18N4S/c1-2-7-13(6-1)21-18-16-14-8-3-9-15(14)24-19(16)23-17(22-18)12-5-4-10-20-11-12/h1-2,4-5,10-11,13H,3,6-9H2,(H,21,22,23). The Morgan fingerprint density at radius 3 is 2.88 bits per heavy atom. The zero-order valence-electron chi connectivity index (χ0n) is 13.3. The minimum absolute atomic E-state index is 0.446. The van der Waals surface area contributed by atoms with E-state index in [2.05, 4.69) is 22.5 Å². The number of pyridine rings is 1. The maximum atomic E-state index is 4.90. The molecule has 5 heteroatoms. The number of aryl methyl sites for hydroxylation is 2. The monoisotopic (exact) mass is 334 g/mol. The van der Waals surface area contributed by atoms with Crippen molar-refractivity contribution in [2.45, 2.75) is 38.1 Å². The highest BCUT2D eigenvalue weighted by Crippen LogP contribution is 2.40. The predicted octanol–water partition coefficient (Wildman–Crippen LogP) is 4.37. The summed E-state index contributed by atoms with van der Waals surface area (Å²) >= 11 is 1.84. The molecule has 0 atom stereocenters. The first-order valence-corrected chi connectivity index (χ1v) is 9.34. The maximum Gasteiger partial charge on any atom is 0.164 e. The third-order valence-corrected chi connectivity index (χ3v) is 6.02. The van der Waals surface area contributed by atoms with E-state index in [0.29, 0.717) is 6.04 Å². The van der Waals surface area contributed by atoms with Gasteiger partial charge in [0, 0.05) is 28.9 Å². The van der Waals surface area contributed by atoms with E-state index in [-0.39, 0.29) is 0 Å². The van der Waals surface area contributed by atoms with Gasteiger partial charge in [0.1, 0.15) is 10.6 Å². The van der Waals surface area contributed by atoms with Gasteiger partial charge in [-0.2, -0.15) is 0 Å². The predicted molar refractivity (Wildman–Crippen MR) is 98.5 cm³/mol. The molecule has 2 aliphatic carbocycles. The molecule has 0 radical (unpaired) electrons. The smallest absolute Gasteiger partial charge is 0.164 e. The van der Waals surface area contributed by atoms with Crippen molar-refractivity contribution < 1.29 is 0 Å². The number of nitrogens with one attached hydrogen (secondary N) is 1. The second-order valence-corrected chi connectivity index (χ2v) is 7.54. The molecule has 0 amide bonds. The van der Waals surface area contributed by atoms with Crippen LogP contribution in [0.25, 0.3) is 21.6 Å². The van der Waals surface area contributed by atoms with Crippen LogP contribution in [0.1, 0.15) is 29.7 Å². The van der Waals surface area contributed by atoms with Crippen LogP contribution in [0.3, 0.4) is 0 Å². The fraction of sp³-hybridized carbons (Fsp3) is 0.316. The van der Waals surface area contributed by atoms with E-state index in [1.165, 1.54) is 28.7 Å². The SMILES string of the molecule is C1=CCC(Nc2nc(-c3cccnc3)nc3sc4c(c23)CCC4)C1. The minimum Gasteiger partial charge on any atom is -0.366 e. The van der Waals surface area contributed by atoms with Crippen molar-refractivity contribution in [3.8, 4) is 11.4 Å². The third kappa shape index (κ3) is 2.31. The average Bonchev–Trinajstić information content (AvgIpc) is 3.32. The number of nitrogens with zero attached hydrogens (tertiary/aromatic N) is 3. The molecule has 24 heavy (non-hydrogen) atoms. The van der Waals surface area contributed by atoms with Crippen molar-refractivity contribution in [1.29, 1.82) is 0 Å². The normalized spacial score (nSPS) is 16.8. The van der Waals surface area contributed by atoms with Crippen LogP contribution < -0.4 is 5.32 Å². The number of hydrogen-bond donors (Lipinski definition) is 1. The fourth-order valence-corrected chi connectivity index (χ4v) is 4.91. The Hall–Kier alpha value is -2.27. The van der Waals surface area contributed by atoms with Gasteiger partial charge in [0.15, 0.2) is 5.82 Å². The Labute approximate surface area is 144 Å². The lowest BCUT2D eigenvalue weighted by Gasteiger charge is -2.15. The number of anilines is 1. The van der Waals surface area contributed by atoms with Gasteiger partial charge < -0.3 is 5.32 Å². The molecule has 0 saturated heterocycles. The Bertz CT molecular complexity index is 921. The summed E-state index contributed by atoms with van der Waals surface area (Å²) in [4.78, 5) is 16.6. The molecule has 0 bridgehead atoms. The molecule has 120 valence electrons. The van der Waals surface area contributed by atoms with E-state index in [1.807, 2.05) is 29.7 Å². The van der Waals surface area contributed by atoms with E-state index < -0.39 is 0 Å². The van der Waals surface area contributed by atoms with E-state index >= 15 is 0 Å². The first-order valence-electron chi connectivity index (χ1n) is 8.53. The Morgan fingerprint density at radius 2 is 2.04 bits per heavy atom. The Morgan fingerprint density at radius 1 is 1.12 bits per heavy atom. The lowest BCUT2D eigenvalue weighted by atomic mass is 10.1. The summed E-state index contributed by atoms with van der Waals surface area (Å²) in [6.45, 7) is 0. The molecule has 0 saturated carbocycles. The molecule has 2 aliphatic rings. The molecule has 0 aliphatic heterocycles. The van der Waals surface area contributed by atoms with Crippen LogP contribution in [-0.4, -0.2) is 21.0 Å². The lowest BCUT2D eigenvalue weighted by molar-refractivity contribution is 0.782. The van der Waals surface area contributed by atoms with Crippen LogP contribution in [0.2, 0.25) is 0 Å². The topological polar surface area (TPSA) is 50.7 Å². The fourth-order valence-electron chi connectivity index (χ4n) is 3.65. The van der Waals surface area contributed by atoms with Crippen LogP contribution in [-0.2, 0) is 12.8 Å². The van der Waals surface area contributed by atoms with Gasteiger partial charge in [0.05, 0.1) is 5.39 Å². The molecular formula is C19H18N4S. The van der Waals surface area contributed by atoms with Gasteiger partial charge in [-0.3, -0.25) is 4.98 Å². The summed E-state index contributed by atoms with van der Waals surface area (Å²) in [5, 5.41) is 4.94. The largest absolute Gasteiger partial charge is 0.366 e. The highest BCUT2D eigenvalue weighted by atomic mass is 32.1. The highest BCUT2D eigenvalue weighted by Gasteiger charge is 2.24. The van der Waals surface area contributed by atoms with Crippen molar-refractivity contribution >= 4 is 27.4 Å². The summed E-state index contributed by atoms with van der Waals surface area (Å²) in [7, 11) is 0. The van der Waals surface area contributed by atoms with Gasteiger partial charge in [-0.25, -0.2) is 9.97 Å². The molecule has 0 fully saturated rings. The van der Waals surface area contributed by atoms with Gasteiger partial charge in [0.2, 0.25) is 0 Å². The molecule has 1 N–H and O–H groups in total. The van der Waals surface area contributed by atoms with Crippen molar-refractivity contribution in [2.75, 3.05) is 5.32 Å². The first kappa shape index (κ1) is 14.1. The molecule has 0 spiro atoms. The Kier molecular flexibility index (Phi) is 3.33. The molecule has 3 aromatic rings. The zero-order valence-corrected chi connectivity index (χ0v) is 14.1. The number of hydrogen-bond acceptors (Lipinski definition) is 5. The van der Waals surface area contributed by atoms with Crippen molar-refractivity contribution in [2.24, 2.45) is 0 Å². The lowest BCUT2D eigenvalue weighted by Crippen LogP contribution is -2.16. The van der Waals surface area contributed by atoms with Crippen LogP contribution in [0.5, 0.6) is 0 Å². The summed E-state index contributed by atoms with van der Waals surface area (Å²) in [5.41, 5.74) is 2.45. The highest BCUT2D eigenvalue weighted by molar-refractivity contribution is 7.19.